The van der Waals surface area contributed by atoms with E-state index in [-0.39, 0.29) is 43.5 Å². The molecule has 1 heterocycles. The van der Waals surface area contributed by atoms with Gasteiger partial charge in [-0.2, -0.15) is 0 Å². The van der Waals surface area contributed by atoms with Crippen molar-refractivity contribution in [1.82, 2.24) is 4.57 Å². The minimum Gasteiger partial charge on any atom is -0.462 e. The van der Waals surface area contributed by atoms with Crippen molar-refractivity contribution in [3.8, 4) is 22.5 Å². The summed E-state index contributed by atoms with van der Waals surface area (Å²) in [5.41, 5.74) is 3.30. The Labute approximate surface area is 268 Å². The smallest absolute Gasteiger partial charge is 0.347 e. The minimum absolute atomic E-state index is 0.0617. The van der Waals surface area contributed by atoms with Crippen molar-refractivity contribution in [1.29, 1.82) is 0 Å². The largest absolute Gasteiger partial charge is 0.462 e. The molecule has 0 atom stereocenters. The number of aromatic nitrogens is 1. The molecule has 0 amide bonds. The number of esters is 1. The quantitative estimate of drug-likeness (QED) is 0.0633. The second-order valence-electron chi connectivity index (χ2n) is 10.5. The Kier molecular flexibility index (Phi) is 11.4. The molecule has 9 heteroatoms. The van der Waals surface area contributed by atoms with E-state index in [4.69, 9.17) is 18.9 Å². The van der Waals surface area contributed by atoms with Crippen molar-refractivity contribution in [2.75, 3.05) is 19.8 Å². The Bertz CT molecular complexity index is 1650. The van der Waals surface area contributed by atoms with Crippen LogP contribution in [-0.2, 0) is 38.9 Å². The lowest BCUT2D eigenvalue weighted by atomic mass is 10.1. The highest BCUT2D eigenvalue weighted by Crippen LogP contribution is 2.43. The summed E-state index contributed by atoms with van der Waals surface area (Å²) in [7, 11) is 0. The standard InChI is InChI=1S/C37H36N2O7/c1-2-45-37(40)33-34(30-19-11-5-12-20-30)38(35(36(33)39(41)42)31-21-13-6-14-22-31)27-46-32(25-43-23-28-15-7-3-8-16-28)26-44-24-29-17-9-4-10-18-29/h3-22,32H,2,23-27H2,1H3. The molecule has 0 spiro atoms. The number of carbonyl (C=O) groups is 1. The van der Waals surface area contributed by atoms with Crippen LogP contribution in [0.3, 0.4) is 0 Å². The molecule has 0 N–H and O–H groups in total. The van der Waals surface area contributed by atoms with Gasteiger partial charge in [-0.25, -0.2) is 4.79 Å². The van der Waals surface area contributed by atoms with Gasteiger partial charge in [-0.1, -0.05) is 121 Å². The van der Waals surface area contributed by atoms with E-state index in [1.54, 1.807) is 47.9 Å². The maximum atomic E-state index is 13.4. The molecule has 1 aromatic heterocycles. The van der Waals surface area contributed by atoms with Crippen LogP contribution in [0.5, 0.6) is 0 Å². The van der Waals surface area contributed by atoms with Crippen molar-refractivity contribution in [3.63, 3.8) is 0 Å². The third-order valence-corrected chi connectivity index (χ3v) is 7.26. The Morgan fingerprint density at radius 3 is 1.63 bits per heavy atom. The summed E-state index contributed by atoms with van der Waals surface area (Å²) >= 11 is 0. The third-order valence-electron chi connectivity index (χ3n) is 7.26. The van der Waals surface area contributed by atoms with E-state index in [9.17, 15) is 14.9 Å². The first-order valence-electron chi connectivity index (χ1n) is 15.1. The van der Waals surface area contributed by atoms with Gasteiger partial charge in [-0.05, 0) is 23.6 Å². The maximum absolute atomic E-state index is 13.4. The van der Waals surface area contributed by atoms with Gasteiger partial charge in [0.25, 0.3) is 0 Å². The van der Waals surface area contributed by atoms with Crippen molar-refractivity contribution in [2.24, 2.45) is 0 Å². The molecule has 0 bridgehead atoms. The highest BCUT2D eigenvalue weighted by Gasteiger charge is 2.37. The zero-order valence-corrected chi connectivity index (χ0v) is 25.6. The van der Waals surface area contributed by atoms with E-state index in [0.717, 1.165) is 11.1 Å². The Hall–Kier alpha value is -5.09. The van der Waals surface area contributed by atoms with Crippen LogP contribution in [0.25, 0.3) is 22.5 Å². The van der Waals surface area contributed by atoms with Gasteiger partial charge in [-0.3, -0.25) is 10.1 Å². The van der Waals surface area contributed by atoms with Crippen LogP contribution in [0.4, 0.5) is 5.69 Å². The number of carbonyl (C=O) groups excluding carboxylic acids is 1. The van der Waals surface area contributed by atoms with Crippen LogP contribution in [0, 0.1) is 10.1 Å². The molecule has 0 unspecified atom stereocenters. The molecule has 0 radical (unpaired) electrons. The van der Waals surface area contributed by atoms with Gasteiger partial charge in [0.05, 0.1) is 43.7 Å². The zero-order chi connectivity index (χ0) is 32.1. The fourth-order valence-corrected chi connectivity index (χ4v) is 5.18. The predicted molar refractivity (Wildman–Crippen MR) is 175 cm³/mol. The topological polar surface area (TPSA) is 102 Å². The molecular weight excluding hydrogens is 584 g/mol. The first-order valence-corrected chi connectivity index (χ1v) is 15.1. The monoisotopic (exact) mass is 620 g/mol. The van der Waals surface area contributed by atoms with Crippen LogP contribution >= 0.6 is 0 Å². The number of rotatable bonds is 16. The fourth-order valence-electron chi connectivity index (χ4n) is 5.18. The van der Waals surface area contributed by atoms with E-state index < -0.39 is 17.0 Å². The van der Waals surface area contributed by atoms with Crippen molar-refractivity contribution in [3.05, 3.63) is 148 Å². The molecule has 0 aliphatic rings. The summed E-state index contributed by atoms with van der Waals surface area (Å²) in [6.45, 7) is 2.78. The normalized spacial score (nSPS) is 11.1. The first kappa shape index (κ1) is 32.3. The highest BCUT2D eigenvalue weighted by atomic mass is 16.6. The van der Waals surface area contributed by atoms with Crippen LogP contribution in [-0.4, -0.2) is 41.4 Å². The lowest BCUT2D eigenvalue weighted by molar-refractivity contribution is -0.384. The highest BCUT2D eigenvalue weighted by molar-refractivity contribution is 6.04. The van der Waals surface area contributed by atoms with E-state index in [0.29, 0.717) is 30.0 Å². The van der Waals surface area contributed by atoms with E-state index in [1.807, 2.05) is 84.9 Å². The van der Waals surface area contributed by atoms with E-state index in [2.05, 4.69) is 0 Å². The lowest BCUT2D eigenvalue weighted by Gasteiger charge is -2.21. The molecule has 9 nitrogen and oxygen atoms in total. The Morgan fingerprint density at radius 1 is 0.717 bits per heavy atom. The third kappa shape index (κ3) is 8.13. The fraction of sp³-hybridized carbons (Fsp3) is 0.216. The number of hydrogen-bond acceptors (Lipinski definition) is 7. The maximum Gasteiger partial charge on any atom is 0.347 e. The second-order valence-corrected chi connectivity index (χ2v) is 10.5. The Morgan fingerprint density at radius 2 is 1.17 bits per heavy atom. The number of ether oxygens (including phenoxy) is 4. The van der Waals surface area contributed by atoms with Crippen molar-refractivity contribution in [2.45, 2.75) is 33.0 Å². The summed E-state index contributed by atoms with van der Waals surface area (Å²) in [5.74, 6) is -0.780. The molecule has 4 aromatic carbocycles. The molecule has 236 valence electrons. The molecule has 0 aliphatic heterocycles. The summed E-state index contributed by atoms with van der Waals surface area (Å²) in [6, 6.07) is 37.6. The van der Waals surface area contributed by atoms with E-state index in [1.165, 1.54) is 0 Å². The lowest BCUT2D eigenvalue weighted by Crippen LogP contribution is -2.27. The number of hydrogen-bond donors (Lipinski definition) is 0. The molecule has 0 aliphatic carbocycles. The average molecular weight is 621 g/mol. The van der Waals surface area contributed by atoms with Crippen molar-refractivity contribution >= 4 is 11.7 Å². The van der Waals surface area contributed by atoms with Crippen LogP contribution in [0.15, 0.2) is 121 Å². The molecule has 5 aromatic rings. The number of nitrogens with zero attached hydrogens (tertiary/aromatic N) is 2. The van der Waals surface area contributed by atoms with Gasteiger partial charge in [-0.15, -0.1) is 0 Å². The van der Waals surface area contributed by atoms with E-state index >= 15 is 0 Å². The molecule has 46 heavy (non-hydrogen) atoms. The average Bonchev–Trinajstić information content (AvgIpc) is 3.44. The SMILES string of the molecule is CCOC(=O)c1c([N+](=O)[O-])c(-c2ccccc2)n(COC(COCc2ccccc2)COCc2ccccc2)c1-c1ccccc1. The van der Waals surface area contributed by atoms with Gasteiger partial charge in [0.15, 0.2) is 5.56 Å². The van der Waals surface area contributed by atoms with Gasteiger partial charge < -0.3 is 23.5 Å². The predicted octanol–water partition coefficient (Wildman–Crippen LogP) is 7.68. The molecule has 0 fully saturated rings. The summed E-state index contributed by atoms with van der Waals surface area (Å²) in [6.07, 6.45) is -0.535. The summed E-state index contributed by atoms with van der Waals surface area (Å²) < 4.78 is 25.6. The first-order chi connectivity index (χ1) is 22.6. The van der Waals surface area contributed by atoms with Gasteiger partial charge in [0, 0.05) is 5.56 Å². The molecule has 0 saturated heterocycles. The van der Waals surface area contributed by atoms with Crippen LogP contribution in [0.2, 0.25) is 0 Å². The van der Waals surface area contributed by atoms with Gasteiger partial charge in [0.2, 0.25) is 0 Å². The minimum atomic E-state index is -0.780. The van der Waals surface area contributed by atoms with Crippen LogP contribution < -0.4 is 0 Å². The zero-order valence-electron chi connectivity index (χ0n) is 25.6. The molecule has 0 saturated carbocycles. The summed E-state index contributed by atoms with van der Waals surface area (Å²) in [5, 5.41) is 12.7. The van der Waals surface area contributed by atoms with Crippen LogP contribution in [0.1, 0.15) is 28.4 Å². The second kappa shape index (κ2) is 16.3. The number of nitro groups is 1. The summed E-state index contributed by atoms with van der Waals surface area (Å²) in [4.78, 5) is 25.6. The van der Waals surface area contributed by atoms with Gasteiger partial charge >= 0.3 is 11.7 Å². The molecule has 5 rings (SSSR count). The molecular formula is C37H36N2O7. The Balaban J connectivity index is 1.52. The van der Waals surface area contributed by atoms with Gasteiger partial charge in [0.1, 0.15) is 18.5 Å². The number of benzene rings is 4. The van der Waals surface area contributed by atoms with Crippen molar-refractivity contribution < 1.29 is 28.7 Å².